The normalized spacial score (nSPS) is 12.1. The molecule has 0 aliphatic heterocycles. The molecule has 5 nitrogen and oxygen atoms in total. The molecule has 0 saturated heterocycles. The summed E-state index contributed by atoms with van der Waals surface area (Å²) in [6.45, 7) is 0. The molecule has 0 unspecified atom stereocenters. The average molecular weight is 293 g/mol. The Morgan fingerprint density at radius 1 is 1.65 bits per heavy atom. The van der Waals surface area contributed by atoms with Gasteiger partial charge in [-0.25, -0.2) is 0 Å². The van der Waals surface area contributed by atoms with E-state index in [1.807, 2.05) is 0 Å². The van der Waals surface area contributed by atoms with Gasteiger partial charge in [0.2, 0.25) is 0 Å². The minimum absolute atomic E-state index is 0.0607. The third-order valence-corrected chi connectivity index (χ3v) is 3.86. The van der Waals surface area contributed by atoms with Gasteiger partial charge in [-0.2, -0.15) is 13.7 Å². The molecule has 8 heteroatoms. The van der Waals surface area contributed by atoms with Crippen molar-refractivity contribution in [3.63, 3.8) is 0 Å². The fourth-order valence-corrected chi connectivity index (χ4v) is 2.60. The molecule has 0 aliphatic carbocycles. The smallest absolute Gasteiger partial charge is 0.267 e. The van der Waals surface area contributed by atoms with Gasteiger partial charge in [-0.15, -0.1) is 22.9 Å². The number of thiophene rings is 1. The first-order chi connectivity index (χ1) is 8.09. The first kappa shape index (κ1) is 14.0. The van der Waals surface area contributed by atoms with Crippen molar-refractivity contribution in [3.05, 3.63) is 22.4 Å². The van der Waals surface area contributed by atoms with E-state index in [-0.39, 0.29) is 23.8 Å². The topological polar surface area (TPSA) is 79.5 Å². The van der Waals surface area contributed by atoms with Gasteiger partial charge in [-0.05, 0) is 17.9 Å². The predicted molar refractivity (Wildman–Crippen MR) is 66.7 cm³/mol. The molecule has 0 spiro atoms. The minimum atomic E-state index is -3.76. The van der Waals surface area contributed by atoms with E-state index in [0.29, 0.717) is 4.88 Å². The lowest BCUT2D eigenvalue weighted by Gasteiger charge is -1.99. The molecule has 1 aromatic rings. The lowest BCUT2D eigenvalue weighted by atomic mass is 10.3. The van der Waals surface area contributed by atoms with Gasteiger partial charge < -0.3 is 0 Å². The van der Waals surface area contributed by atoms with Crippen molar-refractivity contribution in [2.45, 2.75) is 6.42 Å². The van der Waals surface area contributed by atoms with Gasteiger partial charge in [-0.3, -0.25) is 4.28 Å². The average Bonchev–Trinajstić information content (AvgIpc) is 2.81. The number of nitrogens with zero attached hydrogens (tertiary/aromatic N) is 2. The van der Waals surface area contributed by atoms with Crippen molar-refractivity contribution in [2.75, 3.05) is 11.6 Å². The molecule has 0 radical (unpaired) electrons. The number of nitriles is 1. The van der Waals surface area contributed by atoms with E-state index in [1.54, 1.807) is 23.6 Å². The molecule has 1 aromatic heterocycles. The fourth-order valence-electron chi connectivity index (χ4n) is 0.896. The number of rotatable bonds is 6. The number of oxime groups is 1. The third-order valence-electron chi connectivity index (χ3n) is 1.63. The number of halogens is 1. The van der Waals surface area contributed by atoms with Gasteiger partial charge in [-0.1, -0.05) is 11.2 Å². The van der Waals surface area contributed by atoms with Gasteiger partial charge in [0.05, 0.1) is 10.6 Å². The van der Waals surface area contributed by atoms with Crippen LogP contribution in [0.25, 0.3) is 0 Å². The van der Waals surface area contributed by atoms with Crippen LogP contribution in [0, 0.1) is 11.3 Å². The molecule has 0 amide bonds. The van der Waals surface area contributed by atoms with Gasteiger partial charge in [0.1, 0.15) is 6.07 Å². The monoisotopic (exact) mass is 292 g/mol. The van der Waals surface area contributed by atoms with Crippen molar-refractivity contribution in [1.82, 2.24) is 0 Å². The van der Waals surface area contributed by atoms with Crippen LogP contribution >= 0.6 is 22.9 Å². The van der Waals surface area contributed by atoms with Crippen LogP contribution in [0.1, 0.15) is 11.3 Å². The standard InChI is InChI=1S/C9H9ClN2O3S2/c10-4-2-6-17(13,14)15-12-8(7-11)9-3-1-5-16-9/h1,3,5H,2,4,6H2/b12-8+. The van der Waals surface area contributed by atoms with Crippen molar-refractivity contribution in [3.8, 4) is 6.07 Å². The van der Waals surface area contributed by atoms with Crippen LogP contribution in [0.5, 0.6) is 0 Å². The Bertz CT molecular complexity index is 517. The largest absolute Gasteiger partial charge is 0.328 e. The summed E-state index contributed by atoms with van der Waals surface area (Å²) in [7, 11) is -3.76. The van der Waals surface area contributed by atoms with E-state index in [9.17, 15) is 8.42 Å². The Morgan fingerprint density at radius 2 is 2.41 bits per heavy atom. The number of hydrogen-bond acceptors (Lipinski definition) is 6. The summed E-state index contributed by atoms with van der Waals surface area (Å²) < 4.78 is 27.0. The molecule has 0 aromatic carbocycles. The van der Waals surface area contributed by atoms with E-state index in [4.69, 9.17) is 16.9 Å². The molecule has 0 bridgehead atoms. The van der Waals surface area contributed by atoms with E-state index in [1.165, 1.54) is 11.3 Å². The molecule has 0 saturated carbocycles. The molecule has 17 heavy (non-hydrogen) atoms. The summed E-state index contributed by atoms with van der Waals surface area (Å²) in [6.07, 6.45) is 0.278. The van der Waals surface area contributed by atoms with E-state index < -0.39 is 10.1 Å². The number of hydrogen-bond donors (Lipinski definition) is 0. The van der Waals surface area contributed by atoms with Gasteiger partial charge in [0.25, 0.3) is 0 Å². The minimum Gasteiger partial charge on any atom is -0.267 e. The zero-order valence-electron chi connectivity index (χ0n) is 8.67. The van der Waals surface area contributed by atoms with Crippen molar-refractivity contribution < 1.29 is 12.7 Å². The van der Waals surface area contributed by atoms with E-state index >= 15 is 0 Å². The first-order valence-corrected chi connectivity index (χ1v) is 7.57. The second-order valence-electron chi connectivity index (χ2n) is 2.91. The summed E-state index contributed by atoms with van der Waals surface area (Å²) in [4.78, 5) is 0.556. The Kier molecular flexibility index (Phi) is 5.41. The molecule has 0 N–H and O–H groups in total. The SMILES string of the molecule is N#C/C(=N\OS(=O)(=O)CCCCl)c1cccs1. The lowest BCUT2D eigenvalue weighted by molar-refractivity contribution is 0.339. The Labute approximate surface area is 108 Å². The highest BCUT2D eigenvalue weighted by Gasteiger charge is 2.12. The van der Waals surface area contributed by atoms with Crippen LogP contribution in [0.15, 0.2) is 22.7 Å². The lowest BCUT2D eigenvalue weighted by Crippen LogP contribution is -2.09. The third kappa shape index (κ3) is 4.73. The first-order valence-electron chi connectivity index (χ1n) is 4.58. The zero-order valence-corrected chi connectivity index (χ0v) is 11.1. The van der Waals surface area contributed by atoms with E-state index in [0.717, 1.165) is 0 Å². The summed E-state index contributed by atoms with van der Waals surface area (Å²) in [6, 6.07) is 5.16. The Morgan fingerprint density at radius 3 is 2.94 bits per heavy atom. The second kappa shape index (κ2) is 6.59. The molecule has 92 valence electrons. The highest BCUT2D eigenvalue weighted by Crippen LogP contribution is 2.10. The fraction of sp³-hybridized carbons (Fsp3) is 0.333. The van der Waals surface area contributed by atoms with Crippen molar-refractivity contribution in [1.29, 1.82) is 5.26 Å². The van der Waals surface area contributed by atoms with Crippen LogP contribution in [-0.4, -0.2) is 25.8 Å². The molecule has 0 atom stereocenters. The van der Waals surface area contributed by atoms with E-state index in [2.05, 4.69) is 9.44 Å². The quantitative estimate of drug-likeness (QED) is 0.456. The highest BCUT2D eigenvalue weighted by atomic mass is 35.5. The summed E-state index contributed by atoms with van der Waals surface area (Å²) in [5, 5.41) is 13.9. The molecular weight excluding hydrogens is 284 g/mol. The van der Waals surface area contributed by atoms with Crippen molar-refractivity contribution >= 4 is 38.8 Å². The molecule has 0 fully saturated rings. The maximum atomic E-state index is 11.3. The maximum Gasteiger partial charge on any atom is 0.328 e. The highest BCUT2D eigenvalue weighted by molar-refractivity contribution is 7.86. The van der Waals surface area contributed by atoms with Crippen LogP contribution in [0.4, 0.5) is 0 Å². The van der Waals surface area contributed by atoms with Crippen LogP contribution < -0.4 is 0 Å². The molecular formula is C9H9ClN2O3S2. The van der Waals surface area contributed by atoms with Crippen LogP contribution in [0.2, 0.25) is 0 Å². The van der Waals surface area contributed by atoms with Crippen LogP contribution in [0.3, 0.4) is 0 Å². The molecule has 0 aliphatic rings. The van der Waals surface area contributed by atoms with Gasteiger partial charge in [0.15, 0.2) is 5.71 Å². The summed E-state index contributed by atoms with van der Waals surface area (Å²) >= 11 is 6.65. The van der Waals surface area contributed by atoms with Crippen molar-refractivity contribution in [2.24, 2.45) is 5.16 Å². The van der Waals surface area contributed by atoms with Crippen LogP contribution in [-0.2, 0) is 14.4 Å². The summed E-state index contributed by atoms with van der Waals surface area (Å²) in [5.41, 5.74) is -0.0607. The second-order valence-corrected chi connectivity index (χ2v) is 5.91. The molecule has 1 rings (SSSR count). The Balaban J connectivity index is 2.73. The molecule has 1 heterocycles. The van der Waals surface area contributed by atoms with Gasteiger partial charge in [0, 0.05) is 5.88 Å². The van der Waals surface area contributed by atoms with Gasteiger partial charge >= 0.3 is 10.1 Å². The zero-order chi connectivity index (χ0) is 12.7. The summed E-state index contributed by atoms with van der Waals surface area (Å²) in [5.74, 6) is 0.00544. The number of alkyl halides is 1. The Hall–Kier alpha value is -1.10. The predicted octanol–water partition coefficient (Wildman–Crippen LogP) is 1.95. The maximum absolute atomic E-state index is 11.3.